The Hall–Kier alpha value is -2.16. The topological polar surface area (TPSA) is 99.8 Å². The molecule has 0 aliphatic rings. The smallest absolute Gasteiger partial charge is 0.323 e. The molecule has 2 rings (SSSR count). The van der Waals surface area contributed by atoms with Crippen molar-refractivity contribution in [2.24, 2.45) is 5.92 Å². The zero-order chi connectivity index (χ0) is 15.6. The molecule has 112 valence electrons. The Kier molecular flexibility index (Phi) is 4.41. The molecule has 0 aromatic carbocycles. The number of nitrogens with zero attached hydrogens (tertiary/aromatic N) is 4. The first-order chi connectivity index (χ1) is 9.88. The number of carboxylic acids is 1. The van der Waals surface area contributed by atoms with Gasteiger partial charge >= 0.3 is 12.0 Å². The highest BCUT2D eigenvalue weighted by Gasteiger charge is 2.18. The second-order valence-electron chi connectivity index (χ2n) is 4.65. The van der Waals surface area contributed by atoms with Gasteiger partial charge in [0.25, 0.3) is 0 Å². The van der Waals surface area contributed by atoms with Crippen LogP contribution in [0, 0.1) is 5.92 Å². The SMILES string of the molecule is CC(CN(C)C(=O)Nc1nnc2ccc(Br)cn12)C(=O)O. The highest BCUT2D eigenvalue weighted by Crippen LogP contribution is 2.14. The van der Waals surface area contributed by atoms with Gasteiger partial charge < -0.3 is 10.0 Å². The third kappa shape index (κ3) is 3.48. The van der Waals surface area contributed by atoms with Gasteiger partial charge in [0.15, 0.2) is 5.65 Å². The van der Waals surface area contributed by atoms with E-state index < -0.39 is 17.9 Å². The fourth-order valence-electron chi connectivity index (χ4n) is 1.71. The van der Waals surface area contributed by atoms with E-state index in [0.29, 0.717) is 5.65 Å². The van der Waals surface area contributed by atoms with Gasteiger partial charge in [-0.15, -0.1) is 10.2 Å². The molecular formula is C12H14BrN5O3. The van der Waals surface area contributed by atoms with E-state index in [9.17, 15) is 9.59 Å². The summed E-state index contributed by atoms with van der Waals surface area (Å²) in [5.74, 6) is -1.33. The van der Waals surface area contributed by atoms with Crippen LogP contribution in [0.3, 0.4) is 0 Å². The maximum Gasteiger partial charge on any atom is 0.323 e. The van der Waals surface area contributed by atoms with Crippen molar-refractivity contribution < 1.29 is 14.7 Å². The molecule has 0 fully saturated rings. The zero-order valence-corrected chi connectivity index (χ0v) is 13.0. The van der Waals surface area contributed by atoms with Crippen molar-refractivity contribution in [3.05, 3.63) is 22.8 Å². The van der Waals surface area contributed by atoms with E-state index in [-0.39, 0.29) is 12.5 Å². The average Bonchev–Trinajstić information content (AvgIpc) is 2.81. The van der Waals surface area contributed by atoms with Crippen molar-refractivity contribution in [3.8, 4) is 0 Å². The highest BCUT2D eigenvalue weighted by molar-refractivity contribution is 9.10. The number of fused-ring (bicyclic) bond motifs is 1. The third-order valence-corrected chi connectivity index (χ3v) is 3.37. The van der Waals surface area contributed by atoms with E-state index in [1.165, 1.54) is 18.9 Å². The summed E-state index contributed by atoms with van der Waals surface area (Å²) in [7, 11) is 1.52. The van der Waals surface area contributed by atoms with Crippen molar-refractivity contribution in [1.29, 1.82) is 0 Å². The Morgan fingerprint density at radius 2 is 2.19 bits per heavy atom. The Morgan fingerprint density at radius 1 is 1.48 bits per heavy atom. The van der Waals surface area contributed by atoms with E-state index in [0.717, 1.165) is 4.47 Å². The zero-order valence-electron chi connectivity index (χ0n) is 11.4. The van der Waals surface area contributed by atoms with Crippen LogP contribution in [0.5, 0.6) is 0 Å². The van der Waals surface area contributed by atoms with E-state index in [2.05, 4.69) is 31.4 Å². The van der Waals surface area contributed by atoms with Crippen LogP contribution < -0.4 is 5.32 Å². The van der Waals surface area contributed by atoms with Crippen LogP contribution >= 0.6 is 15.9 Å². The molecule has 0 aliphatic heterocycles. The number of carboxylic acid groups (broad SMARTS) is 1. The largest absolute Gasteiger partial charge is 0.481 e. The van der Waals surface area contributed by atoms with Crippen molar-refractivity contribution >= 4 is 39.5 Å². The Morgan fingerprint density at radius 3 is 2.86 bits per heavy atom. The fourth-order valence-corrected chi connectivity index (χ4v) is 2.05. The number of hydrogen-bond acceptors (Lipinski definition) is 4. The summed E-state index contributed by atoms with van der Waals surface area (Å²) in [6.45, 7) is 1.64. The predicted molar refractivity (Wildman–Crippen MR) is 79.1 cm³/mol. The molecule has 0 bridgehead atoms. The number of aliphatic carboxylic acids is 1. The van der Waals surface area contributed by atoms with E-state index >= 15 is 0 Å². The highest BCUT2D eigenvalue weighted by atomic mass is 79.9. The van der Waals surface area contributed by atoms with Crippen LogP contribution in [-0.4, -0.2) is 50.2 Å². The molecule has 2 aromatic rings. The van der Waals surface area contributed by atoms with Crippen molar-refractivity contribution in [3.63, 3.8) is 0 Å². The molecule has 2 heterocycles. The number of nitrogens with one attached hydrogen (secondary N) is 1. The molecule has 0 saturated heterocycles. The van der Waals surface area contributed by atoms with Gasteiger partial charge in [0.05, 0.1) is 5.92 Å². The molecule has 1 unspecified atom stereocenters. The number of rotatable bonds is 4. The first kappa shape index (κ1) is 15.2. The van der Waals surface area contributed by atoms with Crippen molar-refractivity contribution in [2.45, 2.75) is 6.92 Å². The molecule has 0 spiro atoms. The number of hydrogen-bond donors (Lipinski definition) is 2. The molecule has 2 N–H and O–H groups in total. The summed E-state index contributed by atoms with van der Waals surface area (Å²) in [6, 6.07) is 3.12. The van der Waals surface area contributed by atoms with Gasteiger partial charge in [0.1, 0.15) is 0 Å². The number of aromatic nitrogens is 3. The van der Waals surface area contributed by atoms with Gasteiger partial charge in [-0.1, -0.05) is 6.92 Å². The lowest BCUT2D eigenvalue weighted by Crippen LogP contribution is -2.37. The van der Waals surface area contributed by atoms with Crippen LogP contribution in [0.4, 0.5) is 10.7 Å². The summed E-state index contributed by atoms with van der Waals surface area (Å²) < 4.78 is 2.44. The number of halogens is 1. The number of pyridine rings is 1. The molecule has 0 saturated carbocycles. The summed E-state index contributed by atoms with van der Waals surface area (Å²) >= 11 is 3.33. The van der Waals surface area contributed by atoms with Gasteiger partial charge in [-0.25, -0.2) is 4.79 Å². The molecular weight excluding hydrogens is 342 g/mol. The van der Waals surface area contributed by atoms with Gasteiger partial charge in [-0.2, -0.15) is 0 Å². The number of carbonyl (C=O) groups excluding carboxylic acids is 1. The van der Waals surface area contributed by atoms with Gasteiger partial charge in [0.2, 0.25) is 5.95 Å². The summed E-state index contributed by atoms with van der Waals surface area (Å²) in [6.07, 6.45) is 1.73. The Balaban J connectivity index is 2.11. The fraction of sp³-hybridized carbons (Fsp3) is 0.333. The predicted octanol–water partition coefficient (Wildman–Crippen LogP) is 1.68. The number of anilines is 1. The lowest BCUT2D eigenvalue weighted by molar-refractivity contribution is -0.141. The van der Waals surface area contributed by atoms with E-state index in [1.807, 2.05) is 6.07 Å². The average molecular weight is 356 g/mol. The maximum atomic E-state index is 12.0. The lowest BCUT2D eigenvalue weighted by atomic mass is 10.2. The van der Waals surface area contributed by atoms with E-state index in [1.54, 1.807) is 16.7 Å². The third-order valence-electron chi connectivity index (χ3n) is 2.90. The van der Waals surface area contributed by atoms with Crippen LogP contribution in [0.2, 0.25) is 0 Å². The Labute approximate surface area is 128 Å². The van der Waals surface area contributed by atoms with E-state index in [4.69, 9.17) is 5.11 Å². The molecule has 8 nitrogen and oxygen atoms in total. The molecule has 21 heavy (non-hydrogen) atoms. The van der Waals surface area contributed by atoms with Crippen LogP contribution in [0.1, 0.15) is 6.92 Å². The molecule has 1 atom stereocenters. The molecule has 2 aromatic heterocycles. The quantitative estimate of drug-likeness (QED) is 0.868. The van der Waals surface area contributed by atoms with Crippen LogP contribution in [0.15, 0.2) is 22.8 Å². The monoisotopic (exact) mass is 355 g/mol. The first-order valence-corrected chi connectivity index (χ1v) is 6.93. The molecule has 9 heteroatoms. The van der Waals surface area contributed by atoms with Gasteiger partial charge in [-0.3, -0.25) is 14.5 Å². The summed E-state index contributed by atoms with van der Waals surface area (Å²) in [4.78, 5) is 24.1. The second-order valence-corrected chi connectivity index (χ2v) is 5.56. The van der Waals surface area contributed by atoms with Gasteiger partial charge in [-0.05, 0) is 28.1 Å². The summed E-state index contributed by atoms with van der Waals surface area (Å²) in [5.41, 5.74) is 0.593. The molecule has 0 aliphatic carbocycles. The first-order valence-electron chi connectivity index (χ1n) is 6.13. The van der Waals surface area contributed by atoms with Crippen LogP contribution in [-0.2, 0) is 4.79 Å². The summed E-state index contributed by atoms with van der Waals surface area (Å²) in [5, 5.41) is 19.3. The maximum absolute atomic E-state index is 12.0. The van der Waals surface area contributed by atoms with Crippen molar-refractivity contribution in [2.75, 3.05) is 18.9 Å². The Bertz CT molecular complexity index is 687. The second kappa shape index (κ2) is 6.08. The lowest BCUT2D eigenvalue weighted by Gasteiger charge is -2.19. The van der Waals surface area contributed by atoms with Gasteiger partial charge in [0, 0.05) is 24.3 Å². The molecule has 2 amide bonds. The standard InChI is InChI=1S/C12H14BrN5O3/c1-7(10(19)20)5-17(2)12(21)14-11-16-15-9-4-3-8(13)6-18(9)11/h3-4,6-7H,5H2,1-2H3,(H,19,20)(H,14,16,21). The van der Waals surface area contributed by atoms with Crippen molar-refractivity contribution in [1.82, 2.24) is 19.5 Å². The minimum atomic E-state index is -0.952. The van der Waals surface area contributed by atoms with Crippen LogP contribution in [0.25, 0.3) is 5.65 Å². The number of amides is 2. The normalized spacial score (nSPS) is 12.1. The number of carbonyl (C=O) groups is 2. The minimum Gasteiger partial charge on any atom is -0.481 e. The molecule has 0 radical (unpaired) electrons. The minimum absolute atomic E-state index is 0.0988. The number of urea groups is 1.